The molecule has 0 amide bonds. The molecule has 0 saturated carbocycles. The Balaban J connectivity index is 1.78. The molecular weight excluding hydrogens is 461 g/mol. The summed E-state index contributed by atoms with van der Waals surface area (Å²) in [7, 11) is -2.91. The number of rotatable bonds is 4. The van der Waals surface area contributed by atoms with Crippen molar-refractivity contribution in [3.05, 3.63) is 52.7 Å². The first-order valence-electron chi connectivity index (χ1n) is 9.97. The molecule has 0 aliphatic carbocycles. The Labute approximate surface area is 186 Å². The summed E-state index contributed by atoms with van der Waals surface area (Å²) in [5.41, 5.74) is -1.15. The predicted octanol–water partition coefficient (Wildman–Crippen LogP) is 3.99. The van der Waals surface area contributed by atoms with E-state index < -0.39 is 24.7 Å². The summed E-state index contributed by atoms with van der Waals surface area (Å²) in [5.74, 6) is -0.924. The molecule has 172 valence electrons. The molecule has 0 atom stereocenters. The lowest BCUT2D eigenvalue weighted by molar-refractivity contribution is -0.140. The number of benzene rings is 1. The number of aryl methyl sites for hydroxylation is 1. The predicted molar refractivity (Wildman–Crippen MR) is 113 cm³/mol. The van der Waals surface area contributed by atoms with Gasteiger partial charge < -0.3 is 14.6 Å². The molecule has 3 heterocycles. The van der Waals surface area contributed by atoms with Gasteiger partial charge in [0.05, 0.1) is 18.8 Å². The normalized spacial score (nSPS) is 15.9. The van der Waals surface area contributed by atoms with Crippen molar-refractivity contribution in [3.8, 4) is 6.07 Å². The average molecular weight is 479 g/mol. The largest absolute Gasteiger partial charge is 0.419 e. The topological polar surface area (TPSA) is 101 Å². The van der Waals surface area contributed by atoms with Crippen molar-refractivity contribution >= 4 is 29.3 Å². The fourth-order valence-electron chi connectivity index (χ4n) is 3.63. The van der Waals surface area contributed by atoms with Crippen molar-refractivity contribution in [2.75, 3.05) is 30.9 Å². The number of alkyl halides is 3. The Bertz CT molecular complexity index is 1310. The first-order valence-corrected chi connectivity index (χ1v) is 12.0. The van der Waals surface area contributed by atoms with Crippen LogP contribution in [0.5, 0.6) is 0 Å². The van der Waals surface area contributed by atoms with Gasteiger partial charge in [0.25, 0.3) is 0 Å². The summed E-state index contributed by atoms with van der Waals surface area (Å²) < 4.78 is 72.3. The maximum absolute atomic E-state index is 14.4. The maximum Gasteiger partial charge on any atom is 0.419 e. The first kappa shape index (κ1) is 23.1. The van der Waals surface area contributed by atoms with Crippen LogP contribution in [0.4, 0.5) is 23.4 Å². The molecule has 3 aromatic rings. The van der Waals surface area contributed by atoms with Crippen LogP contribution in [0.3, 0.4) is 0 Å². The zero-order valence-electron chi connectivity index (χ0n) is 17.4. The number of nitriles is 1. The smallest absolute Gasteiger partial charge is 0.380 e. The van der Waals surface area contributed by atoms with Crippen molar-refractivity contribution < 1.29 is 26.9 Å². The molecule has 7 nitrogen and oxygen atoms in total. The van der Waals surface area contributed by atoms with E-state index in [1.807, 2.05) is 6.07 Å². The molecule has 1 fully saturated rings. The molecule has 1 saturated heterocycles. The number of fused-ring (bicyclic) bond motifs is 1. The van der Waals surface area contributed by atoms with Gasteiger partial charge in [-0.15, -0.1) is 0 Å². The lowest BCUT2D eigenvalue weighted by Gasteiger charge is -2.23. The zero-order chi connectivity index (χ0) is 23.8. The Kier molecular flexibility index (Phi) is 6.08. The molecule has 0 radical (unpaired) electrons. The summed E-state index contributed by atoms with van der Waals surface area (Å²) in [6.45, 7) is 1.89. The van der Waals surface area contributed by atoms with E-state index in [2.05, 4.69) is 20.3 Å². The molecule has 0 spiro atoms. The molecule has 4 rings (SSSR count). The van der Waals surface area contributed by atoms with Crippen molar-refractivity contribution in [1.29, 1.82) is 5.26 Å². The maximum atomic E-state index is 14.4. The van der Waals surface area contributed by atoms with Gasteiger partial charge in [0.15, 0.2) is 5.69 Å². The van der Waals surface area contributed by atoms with Crippen LogP contribution >= 0.6 is 7.14 Å². The van der Waals surface area contributed by atoms with Crippen LogP contribution in [0.2, 0.25) is 0 Å². The monoisotopic (exact) mass is 479 g/mol. The van der Waals surface area contributed by atoms with E-state index in [0.717, 1.165) is 6.07 Å². The van der Waals surface area contributed by atoms with Gasteiger partial charge in [0.1, 0.15) is 41.6 Å². The SMILES string of the molecule is Cc1nc(NCc2cccc(C(F)(F)F)c2F)c2cc(P3(=O)CCOCC3)nc(C#N)c2n1. The lowest BCUT2D eigenvalue weighted by atomic mass is 10.1. The average Bonchev–Trinajstić information content (AvgIpc) is 2.77. The van der Waals surface area contributed by atoms with Gasteiger partial charge in [0, 0.05) is 29.8 Å². The van der Waals surface area contributed by atoms with Gasteiger partial charge >= 0.3 is 6.18 Å². The van der Waals surface area contributed by atoms with Gasteiger partial charge in [0.2, 0.25) is 0 Å². The molecule has 33 heavy (non-hydrogen) atoms. The van der Waals surface area contributed by atoms with Crippen molar-refractivity contribution in [1.82, 2.24) is 15.0 Å². The number of nitrogens with zero attached hydrogens (tertiary/aromatic N) is 4. The van der Waals surface area contributed by atoms with E-state index in [1.54, 1.807) is 6.92 Å². The van der Waals surface area contributed by atoms with Crippen LogP contribution < -0.4 is 10.8 Å². The van der Waals surface area contributed by atoms with Crippen molar-refractivity contribution in [3.63, 3.8) is 0 Å². The van der Waals surface area contributed by atoms with Crippen molar-refractivity contribution in [2.24, 2.45) is 0 Å². The van der Waals surface area contributed by atoms with Crippen molar-refractivity contribution in [2.45, 2.75) is 19.6 Å². The highest BCUT2D eigenvalue weighted by atomic mass is 31.2. The van der Waals surface area contributed by atoms with Gasteiger partial charge in [-0.3, -0.25) is 0 Å². The summed E-state index contributed by atoms with van der Waals surface area (Å²) in [6.07, 6.45) is -4.26. The number of aromatic nitrogens is 3. The second-order valence-corrected chi connectivity index (χ2v) is 10.7. The van der Waals surface area contributed by atoms with Crippen LogP contribution in [-0.4, -0.2) is 40.5 Å². The lowest BCUT2D eigenvalue weighted by Crippen LogP contribution is -2.25. The minimum atomic E-state index is -4.82. The van der Waals surface area contributed by atoms with Crippen LogP contribution in [0.15, 0.2) is 24.3 Å². The molecule has 0 bridgehead atoms. The number of halogens is 4. The van der Waals surface area contributed by atoms with Gasteiger partial charge in [-0.05, 0) is 19.1 Å². The molecule has 0 unspecified atom stereocenters. The minimum absolute atomic E-state index is 0.0389. The van der Waals surface area contributed by atoms with Gasteiger partial charge in [-0.1, -0.05) is 12.1 Å². The van der Waals surface area contributed by atoms with Crippen LogP contribution in [0.25, 0.3) is 10.9 Å². The molecule has 1 aliphatic rings. The molecule has 1 aliphatic heterocycles. The quantitative estimate of drug-likeness (QED) is 0.446. The highest BCUT2D eigenvalue weighted by Gasteiger charge is 2.35. The first-order chi connectivity index (χ1) is 15.6. The fourth-order valence-corrected chi connectivity index (χ4v) is 5.81. The van der Waals surface area contributed by atoms with E-state index in [4.69, 9.17) is 4.74 Å². The number of ether oxygens (including phenoxy) is 1. The fraction of sp³-hybridized carbons (Fsp3) is 0.333. The zero-order valence-corrected chi connectivity index (χ0v) is 18.3. The van der Waals surface area contributed by atoms with Gasteiger partial charge in [-0.25, -0.2) is 19.3 Å². The number of hydrogen-bond donors (Lipinski definition) is 1. The second-order valence-electron chi connectivity index (χ2n) is 7.54. The number of nitrogens with one attached hydrogen (secondary N) is 1. The standard InChI is InChI=1S/C21H18F4N5O2P/c1-12-28-19-14(9-17(30-16(19)10-26)33(31)7-5-32-6-8-33)20(29-12)27-11-13-3-2-4-15(18(13)22)21(23,24)25/h2-4,9H,5-8,11H2,1H3,(H,27,28,29). The highest BCUT2D eigenvalue weighted by molar-refractivity contribution is 7.71. The third-order valence-corrected chi connectivity index (χ3v) is 8.20. The van der Waals surface area contributed by atoms with E-state index in [-0.39, 0.29) is 52.7 Å². The Morgan fingerprint density at radius 2 is 1.94 bits per heavy atom. The Hall–Kier alpha value is -3.09. The van der Waals surface area contributed by atoms with E-state index in [1.165, 1.54) is 12.1 Å². The Morgan fingerprint density at radius 1 is 1.21 bits per heavy atom. The van der Waals surface area contributed by atoms with E-state index in [0.29, 0.717) is 24.7 Å². The third kappa shape index (κ3) is 4.54. The van der Waals surface area contributed by atoms with Crippen LogP contribution in [0.1, 0.15) is 22.6 Å². The molecular formula is C21H18F4N5O2P. The summed E-state index contributed by atoms with van der Waals surface area (Å²) in [6, 6.07) is 6.53. The number of pyridine rings is 1. The third-order valence-electron chi connectivity index (χ3n) is 5.33. The second kappa shape index (κ2) is 8.69. The van der Waals surface area contributed by atoms with Crippen LogP contribution in [-0.2, 0) is 22.0 Å². The molecule has 1 N–H and O–H groups in total. The van der Waals surface area contributed by atoms with E-state index >= 15 is 0 Å². The van der Waals surface area contributed by atoms with E-state index in [9.17, 15) is 27.4 Å². The van der Waals surface area contributed by atoms with Crippen LogP contribution in [0, 0.1) is 24.1 Å². The Morgan fingerprint density at radius 3 is 2.61 bits per heavy atom. The number of anilines is 1. The highest BCUT2D eigenvalue weighted by Crippen LogP contribution is 2.46. The summed E-state index contributed by atoms with van der Waals surface area (Å²) >= 11 is 0. The molecule has 1 aromatic carbocycles. The van der Waals surface area contributed by atoms with Gasteiger partial charge in [-0.2, -0.15) is 18.4 Å². The minimum Gasteiger partial charge on any atom is -0.380 e. The summed E-state index contributed by atoms with van der Waals surface area (Å²) in [4.78, 5) is 12.8. The molecule has 12 heteroatoms. The summed E-state index contributed by atoms with van der Waals surface area (Å²) in [5, 5.41) is 12.8. The molecule has 2 aromatic heterocycles. The number of hydrogen-bond acceptors (Lipinski definition) is 7.